The minimum absolute atomic E-state index is 0. The molecule has 136 valence electrons. The topological polar surface area (TPSA) is 21.3 Å². The van der Waals surface area contributed by atoms with Crippen LogP contribution in [0.2, 0.25) is 5.02 Å². The first kappa shape index (κ1) is 20.3. The number of rotatable bonds is 8. The van der Waals surface area contributed by atoms with Gasteiger partial charge in [-0.25, -0.2) is 0 Å². The van der Waals surface area contributed by atoms with Crippen LogP contribution >= 0.6 is 24.0 Å². The van der Waals surface area contributed by atoms with E-state index in [2.05, 4.69) is 35.6 Å². The molecule has 0 aliphatic carbocycles. The SMILES string of the molecule is Cl.Clc1ccc(CCNCc2ccccc2OCc2ccccc2)cc1. The van der Waals surface area contributed by atoms with Gasteiger partial charge in [-0.3, -0.25) is 0 Å². The fourth-order valence-corrected chi connectivity index (χ4v) is 2.76. The van der Waals surface area contributed by atoms with Gasteiger partial charge in [-0.15, -0.1) is 12.4 Å². The van der Waals surface area contributed by atoms with Crippen molar-refractivity contribution in [2.75, 3.05) is 6.54 Å². The van der Waals surface area contributed by atoms with Crippen LogP contribution in [0.3, 0.4) is 0 Å². The maximum absolute atomic E-state index is 6.00. The van der Waals surface area contributed by atoms with E-state index in [1.165, 1.54) is 16.7 Å². The van der Waals surface area contributed by atoms with E-state index in [1.807, 2.05) is 48.5 Å². The van der Waals surface area contributed by atoms with E-state index < -0.39 is 0 Å². The smallest absolute Gasteiger partial charge is 0.124 e. The minimum Gasteiger partial charge on any atom is -0.489 e. The molecule has 0 aromatic heterocycles. The summed E-state index contributed by atoms with van der Waals surface area (Å²) in [5.74, 6) is 0.936. The maximum atomic E-state index is 6.00. The lowest BCUT2D eigenvalue weighted by Gasteiger charge is -2.12. The summed E-state index contributed by atoms with van der Waals surface area (Å²) in [6.45, 7) is 2.29. The lowest BCUT2D eigenvalue weighted by Crippen LogP contribution is -2.17. The average molecular weight is 388 g/mol. The second kappa shape index (κ2) is 10.9. The van der Waals surface area contributed by atoms with Crippen molar-refractivity contribution in [1.29, 1.82) is 0 Å². The Bertz CT molecular complexity index is 776. The number of hydrogen-bond acceptors (Lipinski definition) is 2. The zero-order valence-corrected chi connectivity index (χ0v) is 16.1. The number of ether oxygens (including phenoxy) is 1. The van der Waals surface area contributed by atoms with Crippen molar-refractivity contribution >= 4 is 24.0 Å². The van der Waals surface area contributed by atoms with Crippen LogP contribution in [0, 0.1) is 0 Å². The van der Waals surface area contributed by atoms with Crippen molar-refractivity contribution in [3.63, 3.8) is 0 Å². The van der Waals surface area contributed by atoms with E-state index in [0.29, 0.717) is 6.61 Å². The summed E-state index contributed by atoms with van der Waals surface area (Å²) < 4.78 is 6.00. The van der Waals surface area contributed by atoms with Gasteiger partial charge in [0.15, 0.2) is 0 Å². The molecule has 1 N–H and O–H groups in total. The lowest BCUT2D eigenvalue weighted by atomic mass is 10.1. The van der Waals surface area contributed by atoms with E-state index in [-0.39, 0.29) is 12.4 Å². The largest absolute Gasteiger partial charge is 0.489 e. The highest BCUT2D eigenvalue weighted by Crippen LogP contribution is 2.19. The molecule has 0 unspecified atom stereocenters. The average Bonchev–Trinajstić information content (AvgIpc) is 2.66. The molecule has 2 nitrogen and oxygen atoms in total. The van der Waals surface area contributed by atoms with Crippen molar-refractivity contribution in [1.82, 2.24) is 5.32 Å². The van der Waals surface area contributed by atoms with Crippen molar-refractivity contribution in [2.45, 2.75) is 19.6 Å². The number of hydrogen-bond donors (Lipinski definition) is 1. The molecule has 3 rings (SSSR count). The Morgan fingerprint density at radius 1 is 0.769 bits per heavy atom. The number of benzene rings is 3. The summed E-state index contributed by atoms with van der Waals surface area (Å²) >= 11 is 5.91. The molecule has 0 spiro atoms. The van der Waals surface area contributed by atoms with Crippen LogP contribution in [0.15, 0.2) is 78.9 Å². The Morgan fingerprint density at radius 2 is 1.46 bits per heavy atom. The van der Waals surface area contributed by atoms with Gasteiger partial charge in [0.25, 0.3) is 0 Å². The molecule has 3 aromatic carbocycles. The van der Waals surface area contributed by atoms with Crippen LogP contribution in [0.1, 0.15) is 16.7 Å². The molecular formula is C22H23Cl2NO. The summed E-state index contributed by atoms with van der Waals surface area (Å²) in [6.07, 6.45) is 0.976. The van der Waals surface area contributed by atoms with E-state index in [0.717, 1.165) is 30.3 Å². The summed E-state index contributed by atoms with van der Waals surface area (Å²) in [4.78, 5) is 0. The number of para-hydroxylation sites is 1. The minimum atomic E-state index is 0. The van der Waals surface area contributed by atoms with Crippen LogP contribution in [-0.2, 0) is 19.6 Å². The Kier molecular flexibility index (Phi) is 8.49. The van der Waals surface area contributed by atoms with Gasteiger partial charge in [0.05, 0.1) is 0 Å². The first-order valence-corrected chi connectivity index (χ1v) is 8.89. The second-order valence-corrected chi connectivity index (χ2v) is 6.37. The van der Waals surface area contributed by atoms with Crippen LogP contribution < -0.4 is 10.1 Å². The molecule has 0 saturated carbocycles. The van der Waals surface area contributed by atoms with E-state index in [1.54, 1.807) is 0 Å². The first-order chi connectivity index (χ1) is 12.3. The molecule has 0 radical (unpaired) electrons. The fraction of sp³-hybridized carbons (Fsp3) is 0.182. The van der Waals surface area contributed by atoms with E-state index in [4.69, 9.17) is 16.3 Å². The molecule has 0 saturated heterocycles. The third kappa shape index (κ3) is 6.38. The fourth-order valence-electron chi connectivity index (χ4n) is 2.63. The molecule has 3 aromatic rings. The van der Waals surface area contributed by atoms with Gasteiger partial charge in [-0.05, 0) is 42.3 Å². The summed E-state index contributed by atoms with van der Waals surface area (Å²) in [5.41, 5.74) is 3.63. The molecule has 0 bridgehead atoms. The lowest BCUT2D eigenvalue weighted by molar-refractivity contribution is 0.302. The highest BCUT2D eigenvalue weighted by molar-refractivity contribution is 6.30. The van der Waals surface area contributed by atoms with Gasteiger partial charge in [0, 0.05) is 17.1 Å². The molecule has 0 aliphatic rings. The summed E-state index contributed by atoms with van der Waals surface area (Å²) in [7, 11) is 0. The zero-order valence-electron chi connectivity index (χ0n) is 14.5. The van der Waals surface area contributed by atoms with Crippen molar-refractivity contribution in [3.8, 4) is 5.75 Å². The maximum Gasteiger partial charge on any atom is 0.124 e. The normalized spacial score (nSPS) is 10.2. The standard InChI is InChI=1S/C22H22ClNO.ClH/c23-21-12-10-18(11-13-21)14-15-24-16-20-8-4-5-9-22(20)25-17-19-6-2-1-3-7-19;/h1-13,24H,14-17H2;1H. The molecule has 0 atom stereocenters. The van der Waals surface area contributed by atoms with Crippen LogP contribution in [0.5, 0.6) is 5.75 Å². The molecule has 0 heterocycles. The number of halogens is 2. The van der Waals surface area contributed by atoms with Crippen molar-refractivity contribution in [2.24, 2.45) is 0 Å². The second-order valence-electron chi connectivity index (χ2n) is 5.94. The van der Waals surface area contributed by atoms with Crippen LogP contribution in [0.25, 0.3) is 0 Å². The third-order valence-corrected chi connectivity index (χ3v) is 4.28. The van der Waals surface area contributed by atoms with Gasteiger partial charge in [-0.2, -0.15) is 0 Å². The predicted octanol–water partition coefficient (Wildman–Crippen LogP) is 5.67. The first-order valence-electron chi connectivity index (χ1n) is 8.51. The predicted molar refractivity (Wildman–Crippen MR) is 111 cm³/mol. The third-order valence-electron chi connectivity index (χ3n) is 4.03. The molecular weight excluding hydrogens is 365 g/mol. The van der Waals surface area contributed by atoms with Crippen LogP contribution in [0.4, 0.5) is 0 Å². The van der Waals surface area contributed by atoms with Gasteiger partial charge in [0.2, 0.25) is 0 Å². The summed E-state index contributed by atoms with van der Waals surface area (Å²) in [5, 5.41) is 4.27. The Hall–Kier alpha value is -2.00. The Labute approximate surface area is 166 Å². The molecule has 0 amide bonds. The highest BCUT2D eigenvalue weighted by Gasteiger charge is 2.03. The monoisotopic (exact) mass is 387 g/mol. The summed E-state index contributed by atoms with van der Waals surface area (Å²) in [6, 6.07) is 26.4. The number of nitrogens with one attached hydrogen (secondary N) is 1. The van der Waals surface area contributed by atoms with E-state index in [9.17, 15) is 0 Å². The zero-order chi connectivity index (χ0) is 17.3. The van der Waals surface area contributed by atoms with Crippen molar-refractivity contribution in [3.05, 3.63) is 101 Å². The molecule has 4 heteroatoms. The Morgan fingerprint density at radius 3 is 2.23 bits per heavy atom. The van der Waals surface area contributed by atoms with Gasteiger partial charge < -0.3 is 10.1 Å². The molecule has 0 aliphatic heterocycles. The van der Waals surface area contributed by atoms with Gasteiger partial charge in [0.1, 0.15) is 12.4 Å². The van der Waals surface area contributed by atoms with E-state index >= 15 is 0 Å². The van der Waals surface area contributed by atoms with Gasteiger partial charge >= 0.3 is 0 Å². The van der Waals surface area contributed by atoms with Crippen LogP contribution in [-0.4, -0.2) is 6.54 Å². The Balaban J connectivity index is 0.00000243. The quantitative estimate of drug-likeness (QED) is 0.502. The molecule has 26 heavy (non-hydrogen) atoms. The van der Waals surface area contributed by atoms with Crippen molar-refractivity contribution < 1.29 is 4.74 Å². The van der Waals surface area contributed by atoms with Gasteiger partial charge in [-0.1, -0.05) is 72.3 Å². The molecule has 0 fully saturated rings. The highest BCUT2D eigenvalue weighted by atomic mass is 35.5.